The van der Waals surface area contributed by atoms with Gasteiger partial charge in [-0.1, -0.05) is 47.0 Å². The third kappa shape index (κ3) is 3.23. The molecule has 8 heteroatoms. The molecule has 0 aliphatic carbocycles. The van der Waals surface area contributed by atoms with Crippen LogP contribution in [0.1, 0.15) is 0 Å². The van der Waals surface area contributed by atoms with Crippen LogP contribution in [0.2, 0.25) is 0 Å². The smallest absolute Gasteiger partial charge is 0.0767 e. The van der Waals surface area contributed by atoms with Gasteiger partial charge in [-0.2, -0.15) is 0 Å². The molecule has 0 aromatic rings. The summed E-state index contributed by atoms with van der Waals surface area (Å²) in [6.45, 7) is 0. The molecule has 0 fully saturated rings. The Morgan fingerprint density at radius 1 is 0.750 bits per heavy atom. The highest BCUT2D eigenvalue weighted by atomic mass is 79.9. The highest BCUT2D eigenvalue weighted by molar-refractivity contribution is 9.17. The van der Waals surface area contributed by atoms with E-state index in [9.17, 15) is 0 Å². The lowest BCUT2D eigenvalue weighted by atomic mass is 11.2. The fraction of sp³-hybridized carbons (Fsp3) is 0.250. The summed E-state index contributed by atoms with van der Waals surface area (Å²) in [5.41, 5.74) is 0. The maximum Gasteiger partial charge on any atom is 0.0767 e. The molecule has 0 saturated heterocycles. The van der Waals surface area contributed by atoms with Crippen LogP contribution in [0.4, 0.5) is 0 Å². The summed E-state index contributed by atoms with van der Waals surface area (Å²) in [6.07, 6.45) is 4.29. The quantitative estimate of drug-likeness (QED) is 0.445. The van der Waals surface area contributed by atoms with Gasteiger partial charge in [-0.25, -0.2) is 0 Å². The van der Waals surface area contributed by atoms with E-state index < -0.39 is 0 Å². The molecule has 16 heavy (non-hydrogen) atoms. The first kappa shape index (κ1) is 14.7. The van der Waals surface area contributed by atoms with Crippen LogP contribution in [0.5, 0.6) is 0 Å². The number of thioether (sulfide) groups is 6. The van der Waals surface area contributed by atoms with Crippen molar-refractivity contribution in [3.8, 4) is 0 Å². The lowest BCUT2D eigenvalue weighted by molar-refractivity contribution is 2.30. The third-order valence-corrected chi connectivity index (χ3v) is 12.3. The van der Waals surface area contributed by atoms with Gasteiger partial charge in [0.25, 0.3) is 0 Å². The van der Waals surface area contributed by atoms with E-state index in [2.05, 4.69) is 44.4 Å². The summed E-state index contributed by atoms with van der Waals surface area (Å²) >= 11 is 18.2. The van der Waals surface area contributed by atoms with E-state index in [1.165, 1.54) is 24.6 Å². The second-order valence-electron chi connectivity index (χ2n) is 2.51. The maximum absolute atomic E-state index is 3.55. The van der Waals surface area contributed by atoms with Crippen molar-refractivity contribution in [2.24, 2.45) is 0 Å². The summed E-state index contributed by atoms with van der Waals surface area (Å²) in [5.74, 6) is 0. The van der Waals surface area contributed by atoms with Gasteiger partial charge in [0, 0.05) is 0 Å². The molecule has 0 nitrogen and oxygen atoms in total. The highest BCUT2D eigenvalue weighted by Crippen LogP contribution is 2.64. The van der Waals surface area contributed by atoms with E-state index in [0.29, 0.717) is 0 Å². The predicted molar refractivity (Wildman–Crippen MR) is 96.3 cm³/mol. The van der Waals surface area contributed by atoms with Crippen molar-refractivity contribution in [3.63, 3.8) is 0 Å². The van der Waals surface area contributed by atoms with E-state index in [0.717, 1.165) is 0 Å². The molecule has 0 spiro atoms. The van der Waals surface area contributed by atoms with Gasteiger partial charge in [0.1, 0.15) is 0 Å². The number of halogens is 2. The van der Waals surface area contributed by atoms with Gasteiger partial charge < -0.3 is 0 Å². The Kier molecular flexibility index (Phi) is 6.09. The first-order valence-corrected chi connectivity index (χ1v) is 11.3. The van der Waals surface area contributed by atoms with E-state index in [4.69, 9.17) is 0 Å². The summed E-state index contributed by atoms with van der Waals surface area (Å²) in [4.78, 5) is 0. The Bertz CT molecular complexity index is 377. The van der Waals surface area contributed by atoms with E-state index >= 15 is 0 Å². The molecule has 2 rings (SSSR count). The van der Waals surface area contributed by atoms with Gasteiger partial charge in [0.05, 0.1) is 24.6 Å². The van der Waals surface area contributed by atoms with Crippen LogP contribution in [0, 0.1) is 0 Å². The summed E-state index contributed by atoms with van der Waals surface area (Å²) in [5, 5.41) is 0. The molecular weight excluding hydrogens is 448 g/mol. The Hall–Kier alpha value is 2.28. The molecule has 2 aliphatic rings. The zero-order valence-electron chi connectivity index (χ0n) is 8.21. The average molecular weight is 454 g/mol. The van der Waals surface area contributed by atoms with Crippen molar-refractivity contribution in [3.05, 3.63) is 24.6 Å². The zero-order valence-corrected chi connectivity index (χ0v) is 16.3. The molecule has 0 aromatic heterocycles. The van der Waals surface area contributed by atoms with Crippen LogP contribution < -0.4 is 0 Å². The molecule has 0 aromatic carbocycles. The second-order valence-corrected chi connectivity index (χ2v) is 11.9. The van der Waals surface area contributed by atoms with Crippen molar-refractivity contribution in [1.82, 2.24) is 0 Å². The first-order valence-electron chi connectivity index (χ1n) is 3.99. The van der Waals surface area contributed by atoms with E-state index in [1.807, 2.05) is 47.0 Å². The molecule has 0 amide bonds. The monoisotopic (exact) mass is 452 g/mol. The second kappa shape index (κ2) is 6.63. The molecule has 2 heterocycles. The Morgan fingerprint density at radius 2 is 1.12 bits per heavy atom. The molecule has 0 bridgehead atoms. The van der Waals surface area contributed by atoms with Crippen LogP contribution in [0.3, 0.4) is 0 Å². The van der Waals surface area contributed by atoms with Crippen molar-refractivity contribution in [1.29, 1.82) is 0 Å². The fourth-order valence-corrected chi connectivity index (χ4v) is 10.3. The fourth-order valence-electron chi connectivity index (χ4n) is 0.953. The van der Waals surface area contributed by atoms with Crippen LogP contribution in [-0.2, 0) is 0 Å². The first-order chi connectivity index (χ1) is 7.65. The lowest BCUT2D eigenvalue weighted by Crippen LogP contribution is -1.66. The minimum absolute atomic E-state index is 1.18. The minimum atomic E-state index is 1.18. The standard InChI is InChI=1S/C8H6Br2S6/c1-11-5-6(12-2)16-8(15-5)7-13-3(9)4(10)14-7/h1-2H3. The number of hydrogen-bond acceptors (Lipinski definition) is 6. The zero-order chi connectivity index (χ0) is 11.7. The average Bonchev–Trinajstić information content (AvgIpc) is 2.83. The molecule has 0 saturated carbocycles. The number of hydrogen-bond donors (Lipinski definition) is 0. The van der Waals surface area contributed by atoms with Crippen LogP contribution in [0.15, 0.2) is 24.6 Å². The molecule has 0 radical (unpaired) electrons. The van der Waals surface area contributed by atoms with Crippen molar-refractivity contribution in [2.45, 2.75) is 0 Å². The van der Waals surface area contributed by atoms with Gasteiger partial charge in [0.2, 0.25) is 0 Å². The molecule has 2 aliphatic heterocycles. The van der Waals surface area contributed by atoms with E-state index in [-0.39, 0.29) is 0 Å². The van der Waals surface area contributed by atoms with Crippen LogP contribution in [0.25, 0.3) is 0 Å². The maximum atomic E-state index is 3.55. The van der Waals surface area contributed by atoms with Gasteiger partial charge in [-0.05, 0) is 44.4 Å². The molecule has 0 N–H and O–H groups in total. The Labute approximate surface area is 138 Å². The SMILES string of the molecule is CSC1=C(SC)SC(=C2SC(Br)=C(Br)S2)S1. The lowest BCUT2D eigenvalue weighted by Gasteiger charge is -2.00. The summed E-state index contributed by atoms with van der Waals surface area (Å²) < 4.78 is 8.02. The Balaban J connectivity index is 2.15. The Morgan fingerprint density at radius 3 is 1.50 bits per heavy atom. The third-order valence-electron chi connectivity index (χ3n) is 1.59. The van der Waals surface area contributed by atoms with Crippen molar-refractivity contribution < 1.29 is 0 Å². The molecule has 0 unspecified atom stereocenters. The molecule has 88 valence electrons. The van der Waals surface area contributed by atoms with E-state index in [1.54, 1.807) is 23.5 Å². The number of rotatable bonds is 2. The predicted octanol–water partition coefficient (Wildman–Crippen LogP) is 6.84. The van der Waals surface area contributed by atoms with Gasteiger partial charge >= 0.3 is 0 Å². The van der Waals surface area contributed by atoms with Gasteiger partial charge in [-0.3, -0.25) is 0 Å². The minimum Gasteiger partial charge on any atom is -0.121 e. The molecule has 0 atom stereocenters. The van der Waals surface area contributed by atoms with Crippen LogP contribution in [-0.4, -0.2) is 12.5 Å². The topological polar surface area (TPSA) is 0 Å². The van der Waals surface area contributed by atoms with Crippen molar-refractivity contribution >= 4 is 102 Å². The van der Waals surface area contributed by atoms with Gasteiger partial charge in [-0.15, -0.1) is 23.5 Å². The summed E-state index contributed by atoms with van der Waals surface area (Å²) in [7, 11) is 0. The van der Waals surface area contributed by atoms with Crippen molar-refractivity contribution in [2.75, 3.05) is 12.5 Å². The highest BCUT2D eigenvalue weighted by Gasteiger charge is 2.27. The normalized spacial score (nSPS) is 21.8. The summed E-state index contributed by atoms with van der Waals surface area (Å²) in [6, 6.07) is 0. The van der Waals surface area contributed by atoms with Crippen LogP contribution >= 0.6 is 102 Å². The molecular formula is C8H6Br2S6. The largest absolute Gasteiger partial charge is 0.121 e. The van der Waals surface area contributed by atoms with Gasteiger partial charge in [0.15, 0.2) is 0 Å².